The first-order valence-corrected chi connectivity index (χ1v) is 19.0. The van der Waals surface area contributed by atoms with Crippen LogP contribution in [0.3, 0.4) is 0 Å². The van der Waals surface area contributed by atoms with E-state index in [2.05, 4.69) is 5.32 Å². The number of hydrogen-bond acceptors (Lipinski definition) is 17. The smallest absolute Gasteiger partial charge is 0.407 e. The maximum Gasteiger partial charge on any atom is 0.407 e. The number of fused-ring (bicyclic) bond motifs is 3. The molecule has 0 aromatic heterocycles. The number of aliphatic hydroxyl groups excluding tert-OH is 5. The molecule has 1 amide bonds. The molecule has 9 N–H and O–H groups in total. The van der Waals surface area contributed by atoms with E-state index in [-0.39, 0.29) is 45.6 Å². The topological polar surface area (TPSA) is 288 Å². The predicted octanol–water partition coefficient (Wildman–Crippen LogP) is 0.651. The molecule has 3 aromatic rings. The maximum atomic E-state index is 14.4. The number of phenols is 2. The number of nitrogens with one attached hydrogen (secondary N) is 1. The molecule has 11 atom stereocenters. The van der Waals surface area contributed by atoms with Gasteiger partial charge in [0.15, 0.2) is 17.9 Å². The Morgan fingerprint density at radius 2 is 1.67 bits per heavy atom. The highest BCUT2D eigenvalue weighted by atomic mass is 19.1. The van der Waals surface area contributed by atoms with Gasteiger partial charge >= 0.3 is 6.09 Å². The minimum Gasteiger partial charge on any atom is -0.507 e. The Hall–Kier alpha value is -5.09. The van der Waals surface area contributed by atoms with E-state index >= 15 is 0 Å². The van der Waals surface area contributed by atoms with E-state index in [1.165, 1.54) is 38.3 Å². The summed E-state index contributed by atoms with van der Waals surface area (Å²) < 4.78 is 42.8. The Bertz CT molecular complexity index is 2230. The van der Waals surface area contributed by atoms with E-state index in [1.807, 2.05) is 0 Å². The Labute approximate surface area is 340 Å². The molecule has 0 bridgehead atoms. The third kappa shape index (κ3) is 7.39. The molecule has 322 valence electrons. The van der Waals surface area contributed by atoms with Crippen LogP contribution in [-0.2, 0) is 36.8 Å². The Morgan fingerprint density at radius 1 is 0.950 bits per heavy atom. The molecule has 2 saturated heterocycles. The first-order chi connectivity index (χ1) is 28.4. The monoisotopic (exact) mass is 841 g/mol. The van der Waals surface area contributed by atoms with Crippen LogP contribution in [0.2, 0.25) is 0 Å². The van der Waals surface area contributed by atoms with Crippen LogP contribution >= 0.6 is 0 Å². The van der Waals surface area contributed by atoms with E-state index in [1.54, 1.807) is 0 Å². The lowest BCUT2D eigenvalue weighted by Crippen LogP contribution is -2.56. The number of ketones is 3. The van der Waals surface area contributed by atoms with Gasteiger partial charge in [-0.15, -0.1) is 0 Å². The Morgan fingerprint density at radius 3 is 2.35 bits per heavy atom. The van der Waals surface area contributed by atoms with Gasteiger partial charge in [0.25, 0.3) is 0 Å². The lowest BCUT2D eigenvalue weighted by Gasteiger charge is -2.42. The zero-order valence-corrected chi connectivity index (χ0v) is 32.4. The zero-order valence-electron chi connectivity index (χ0n) is 32.4. The molecule has 0 spiro atoms. The van der Waals surface area contributed by atoms with Crippen molar-refractivity contribution in [1.82, 2.24) is 5.32 Å². The van der Waals surface area contributed by atoms with Crippen molar-refractivity contribution in [3.8, 4) is 17.2 Å². The standard InChI is InChI=1S/C41H44FNO17/c1-15-31(46)22(43-40(54)57-14-17-9-18(42)7-8-19(17)39-38(53)37(52)34(49)25(13-44)60-39)10-26(58-15)59-24-12-41(55,16(2)45)11-21-28(24)36(51)30-29(33(21)48)32(47)20-5-4-6-23(56-3)27(20)35(30)50/h4-9,15,22,24-26,31,34,37-39,44,46,48-49,51-53,55H,10-14H2,1-3H3,(H,43,54)/t15?,22?,24-,25+,26?,31?,34-,37-,38+,39-,41-/m0/s1. The van der Waals surface area contributed by atoms with Crippen LogP contribution in [0.5, 0.6) is 17.2 Å². The fourth-order valence-electron chi connectivity index (χ4n) is 8.44. The molecule has 4 aliphatic rings. The number of aliphatic hydroxyl groups is 6. The van der Waals surface area contributed by atoms with Gasteiger partial charge in [-0.3, -0.25) is 14.4 Å². The number of benzene rings is 3. The molecule has 18 nitrogen and oxygen atoms in total. The van der Waals surface area contributed by atoms with Crippen LogP contribution in [0.25, 0.3) is 0 Å². The molecular formula is C41H44FNO17. The molecule has 3 aromatic carbocycles. The molecule has 7 rings (SSSR count). The van der Waals surface area contributed by atoms with Crippen LogP contribution in [0.15, 0.2) is 36.4 Å². The Kier molecular flexibility index (Phi) is 11.8. The first kappa shape index (κ1) is 43.0. The van der Waals surface area contributed by atoms with Crippen molar-refractivity contribution in [2.45, 2.75) is 106 Å². The van der Waals surface area contributed by atoms with Gasteiger partial charge in [-0.1, -0.05) is 18.2 Å². The fourth-order valence-corrected chi connectivity index (χ4v) is 8.44. The summed E-state index contributed by atoms with van der Waals surface area (Å²) in [6.45, 7) is 1.23. The van der Waals surface area contributed by atoms with Gasteiger partial charge in [0.05, 0.1) is 48.7 Å². The van der Waals surface area contributed by atoms with Gasteiger partial charge in [-0.2, -0.15) is 0 Å². The minimum atomic E-state index is -2.19. The number of carbonyl (C=O) groups is 4. The SMILES string of the molecule is COc1cccc2c1C(=O)c1c(O)c3c(c(O)c1C2=O)C[C@@](O)(C(C)=O)C[C@@H]3OC1CC(NC(=O)OCc2cc(F)ccc2[C@@H]2O[C@H](CO)[C@H](O)[C@H](O)[C@H]2O)C(O)C(C)O1. The molecule has 19 heteroatoms. The summed E-state index contributed by atoms with van der Waals surface area (Å²) in [7, 11) is 1.29. The number of hydrogen-bond donors (Lipinski definition) is 9. The molecule has 2 aliphatic heterocycles. The van der Waals surface area contributed by atoms with Crippen molar-refractivity contribution in [3.05, 3.63) is 86.7 Å². The van der Waals surface area contributed by atoms with Gasteiger partial charge < -0.3 is 69.9 Å². The Balaban J connectivity index is 1.13. The molecule has 2 heterocycles. The third-order valence-electron chi connectivity index (χ3n) is 11.7. The van der Waals surface area contributed by atoms with E-state index in [0.29, 0.717) is 0 Å². The van der Waals surface area contributed by atoms with Gasteiger partial charge in [-0.05, 0) is 43.2 Å². The van der Waals surface area contributed by atoms with Gasteiger partial charge in [0.1, 0.15) is 71.9 Å². The largest absolute Gasteiger partial charge is 0.507 e. The second-order valence-corrected chi connectivity index (χ2v) is 15.4. The highest BCUT2D eigenvalue weighted by molar-refractivity contribution is 6.31. The van der Waals surface area contributed by atoms with Crippen molar-refractivity contribution in [2.24, 2.45) is 0 Å². The van der Waals surface area contributed by atoms with E-state index in [9.17, 15) is 64.4 Å². The predicted molar refractivity (Wildman–Crippen MR) is 199 cm³/mol. The second kappa shape index (κ2) is 16.4. The number of amides is 1. The first-order valence-electron chi connectivity index (χ1n) is 19.0. The highest BCUT2D eigenvalue weighted by Gasteiger charge is 2.50. The van der Waals surface area contributed by atoms with E-state index < -0.39 is 145 Å². The summed E-state index contributed by atoms with van der Waals surface area (Å²) in [4.78, 5) is 53.8. The number of ether oxygens (including phenoxy) is 5. The van der Waals surface area contributed by atoms with E-state index in [4.69, 9.17) is 23.7 Å². The summed E-state index contributed by atoms with van der Waals surface area (Å²) in [5.74, 6) is -4.60. The molecule has 0 saturated carbocycles. The molecular weight excluding hydrogens is 797 g/mol. The van der Waals surface area contributed by atoms with Gasteiger partial charge in [0, 0.05) is 36.0 Å². The van der Waals surface area contributed by atoms with Gasteiger partial charge in [-0.25, -0.2) is 9.18 Å². The molecule has 2 fully saturated rings. The lowest BCUT2D eigenvalue weighted by molar-refractivity contribution is -0.249. The minimum absolute atomic E-state index is 0.00197. The molecule has 60 heavy (non-hydrogen) atoms. The van der Waals surface area contributed by atoms with E-state index in [0.717, 1.165) is 19.1 Å². The normalized spacial score (nSPS) is 31.1. The third-order valence-corrected chi connectivity index (χ3v) is 11.7. The maximum absolute atomic E-state index is 14.4. The summed E-state index contributed by atoms with van der Waals surface area (Å²) in [5, 5.41) is 89.2. The highest BCUT2D eigenvalue weighted by Crippen LogP contribution is 2.52. The van der Waals surface area contributed by atoms with Crippen LogP contribution in [-0.4, -0.2) is 133 Å². The zero-order chi connectivity index (χ0) is 43.5. The second-order valence-electron chi connectivity index (χ2n) is 15.4. The number of phenolic OH excluding ortho intramolecular Hbond substituents is 2. The number of alkyl carbamates (subject to hydrolysis) is 1. The summed E-state index contributed by atoms with van der Waals surface area (Å²) in [6.07, 6.45) is -15.5. The van der Waals surface area contributed by atoms with Crippen LogP contribution < -0.4 is 10.1 Å². The number of rotatable bonds is 9. The number of aromatic hydroxyl groups is 2. The van der Waals surface area contributed by atoms with Crippen molar-refractivity contribution >= 4 is 23.4 Å². The number of halogens is 1. The number of Topliss-reactive ketones (excluding diaryl/α,β-unsaturated/α-hetero) is 1. The summed E-state index contributed by atoms with van der Waals surface area (Å²) >= 11 is 0. The van der Waals surface area contributed by atoms with Crippen molar-refractivity contribution in [2.75, 3.05) is 13.7 Å². The van der Waals surface area contributed by atoms with Crippen LogP contribution in [0.4, 0.5) is 9.18 Å². The summed E-state index contributed by atoms with van der Waals surface area (Å²) in [6, 6.07) is 6.36. The molecule has 0 radical (unpaired) electrons. The molecule has 2 aliphatic carbocycles. The average molecular weight is 842 g/mol. The van der Waals surface area contributed by atoms with Gasteiger partial charge in [0.2, 0.25) is 5.78 Å². The number of carbonyl (C=O) groups excluding carboxylic acids is 4. The van der Waals surface area contributed by atoms with Crippen molar-refractivity contribution in [3.63, 3.8) is 0 Å². The average Bonchev–Trinajstić information content (AvgIpc) is 3.21. The quantitative estimate of drug-likeness (QED) is 0.105. The molecule has 4 unspecified atom stereocenters. The number of methoxy groups -OCH3 is 1. The fraction of sp³-hybridized carbons (Fsp3) is 0.463. The van der Waals surface area contributed by atoms with Crippen LogP contribution in [0, 0.1) is 5.82 Å². The van der Waals surface area contributed by atoms with Crippen molar-refractivity contribution < 1.29 is 88.1 Å². The van der Waals surface area contributed by atoms with Crippen molar-refractivity contribution in [1.29, 1.82) is 0 Å². The lowest BCUT2D eigenvalue weighted by atomic mass is 9.72. The van der Waals surface area contributed by atoms with Crippen LogP contribution in [0.1, 0.15) is 93.0 Å². The summed E-state index contributed by atoms with van der Waals surface area (Å²) in [5.41, 5.74) is -3.86.